The van der Waals surface area contributed by atoms with Crippen molar-refractivity contribution in [1.82, 2.24) is 9.97 Å². The summed E-state index contributed by atoms with van der Waals surface area (Å²) < 4.78 is 0.890. The molecule has 2 amide bonds. The van der Waals surface area contributed by atoms with Gasteiger partial charge in [-0.05, 0) is 51.8 Å². The molecule has 7 nitrogen and oxygen atoms in total. The van der Waals surface area contributed by atoms with E-state index in [1.54, 1.807) is 36.4 Å². The van der Waals surface area contributed by atoms with Crippen LogP contribution in [0.15, 0.2) is 58.6 Å². The highest BCUT2D eigenvalue weighted by atomic mass is 79.9. The largest absolute Gasteiger partial charge is 0.383 e. The zero-order valence-corrected chi connectivity index (χ0v) is 17.2. The number of thiophene rings is 1. The van der Waals surface area contributed by atoms with Crippen LogP contribution in [0.5, 0.6) is 0 Å². The fourth-order valence-corrected chi connectivity index (χ4v) is 4.87. The van der Waals surface area contributed by atoms with Gasteiger partial charge in [-0.1, -0.05) is 18.2 Å². The molecule has 4 rings (SSSR count). The lowest BCUT2D eigenvalue weighted by Gasteiger charge is -2.21. The first-order chi connectivity index (χ1) is 14.0. The van der Waals surface area contributed by atoms with Crippen molar-refractivity contribution in [2.45, 2.75) is 0 Å². The highest BCUT2D eigenvalue weighted by molar-refractivity contribution is 9.11. The molecule has 0 spiro atoms. The molecule has 2 heterocycles. The maximum atomic E-state index is 12.1. The molecule has 0 bridgehead atoms. The van der Waals surface area contributed by atoms with Crippen LogP contribution < -0.4 is 16.4 Å². The quantitative estimate of drug-likeness (QED) is 0.451. The number of primary amides is 1. The molecule has 29 heavy (non-hydrogen) atoms. The van der Waals surface area contributed by atoms with E-state index in [9.17, 15) is 4.79 Å². The fourth-order valence-electron chi connectivity index (χ4n) is 3.08. The van der Waals surface area contributed by atoms with Crippen molar-refractivity contribution in [3.8, 4) is 17.2 Å². The second-order valence-corrected chi connectivity index (χ2v) is 8.39. The van der Waals surface area contributed by atoms with E-state index >= 15 is 0 Å². The molecule has 0 aliphatic rings. The first-order valence-electron chi connectivity index (χ1n) is 8.38. The van der Waals surface area contributed by atoms with Crippen LogP contribution in [0.1, 0.15) is 5.56 Å². The van der Waals surface area contributed by atoms with Crippen molar-refractivity contribution in [2.24, 2.45) is 5.73 Å². The summed E-state index contributed by atoms with van der Waals surface area (Å²) in [6, 6.07) is 15.4. The Bertz CT molecular complexity index is 1280. The molecule has 0 fully saturated rings. The lowest BCUT2D eigenvalue weighted by molar-refractivity contribution is 0.256. The molecular weight excluding hydrogens is 452 g/mol. The van der Waals surface area contributed by atoms with Gasteiger partial charge in [-0.15, -0.1) is 11.3 Å². The highest BCUT2D eigenvalue weighted by Gasteiger charge is 2.19. The summed E-state index contributed by atoms with van der Waals surface area (Å²) in [7, 11) is 0. The number of benzene rings is 2. The van der Waals surface area contributed by atoms with E-state index in [1.165, 1.54) is 22.6 Å². The molecule has 4 aromatic rings. The van der Waals surface area contributed by atoms with Gasteiger partial charge in [0, 0.05) is 5.56 Å². The maximum Gasteiger partial charge on any atom is 0.323 e. The van der Waals surface area contributed by atoms with Crippen LogP contribution in [-0.2, 0) is 0 Å². The molecule has 9 heteroatoms. The smallest absolute Gasteiger partial charge is 0.323 e. The summed E-state index contributed by atoms with van der Waals surface area (Å²) in [5.41, 5.74) is 15.0. The minimum atomic E-state index is -0.646. The van der Waals surface area contributed by atoms with Crippen LogP contribution in [0.4, 0.5) is 22.0 Å². The third kappa shape index (κ3) is 3.40. The van der Waals surface area contributed by atoms with E-state index in [4.69, 9.17) is 16.7 Å². The summed E-state index contributed by atoms with van der Waals surface area (Å²) >= 11 is 5.06. The Labute approximate surface area is 178 Å². The van der Waals surface area contributed by atoms with Gasteiger partial charge in [-0.2, -0.15) is 5.26 Å². The number of nitrogens with zero attached hydrogens (tertiary/aromatic N) is 4. The molecular formula is C20H13BrN6OS. The number of nitrogens with two attached hydrogens (primary N) is 2. The summed E-state index contributed by atoms with van der Waals surface area (Å²) in [5, 5.41) is 9.90. The van der Waals surface area contributed by atoms with Gasteiger partial charge in [0.25, 0.3) is 0 Å². The number of hydrogen-bond acceptors (Lipinski definition) is 6. The first-order valence-corrected chi connectivity index (χ1v) is 9.99. The van der Waals surface area contributed by atoms with Gasteiger partial charge in [-0.25, -0.2) is 14.8 Å². The van der Waals surface area contributed by atoms with Crippen LogP contribution in [-0.4, -0.2) is 16.0 Å². The molecule has 142 valence electrons. The van der Waals surface area contributed by atoms with Crippen molar-refractivity contribution in [3.05, 3.63) is 64.2 Å². The number of carbonyl (C=O) groups is 1. The first kappa shape index (κ1) is 18.9. The average Bonchev–Trinajstić information content (AvgIpc) is 3.06. The Kier molecular flexibility index (Phi) is 4.88. The number of fused-ring (bicyclic) bond motifs is 1. The van der Waals surface area contributed by atoms with E-state index < -0.39 is 6.03 Å². The molecule has 2 aromatic heterocycles. The van der Waals surface area contributed by atoms with E-state index in [0.29, 0.717) is 22.8 Å². The normalized spacial score (nSPS) is 10.6. The lowest BCUT2D eigenvalue weighted by atomic mass is 10.1. The number of rotatable bonds is 3. The van der Waals surface area contributed by atoms with E-state index in [2.05, 4.69) is 32.0 Å². The van der Waals surface area contributed by atoms with Gasteiger partial charge < -0.3 is 11.5 Å². The number of nitriles is 1. The third-order valence-electron chi connectivity index (χ3n) is 4.34. The summed E-state index contributed by atoms with van der Waals surface area (Å²) in [6.45, 7) is 0. The average molecular weight is 465 g/mol. The number of nitrogen functional groups attached to an aromatic ring is 1. The second-order valence-electron chi connectivity index (χ2n) is 6.07. The number of aromatic nitrogens is 2. The molecule has 2 aromatic carbocycles. The van der Waals surface area contributed by atoms with Gasteiger partial charge in [-0.3, -0.25) is 4.90 Å². The van der Waals surface area contributed by atoms with E-state index in [1.807, 2.05) is 12.1 Å². The summed E-state index contributed by atoms with van der Waals surface area (Å²) in [6.07, 6.45) is 1.44. The molecule has 4 N–H and O–H groups in total. The van der Waals surface area contributed by atoms with Crippen molar-refractivity contribution in [1.29, 1.82) is 5.26 Å². The monoisotopic (exact) mass is 464 g/mol. The molecule has 0 atom stereocenters. The summed E-state index contributed by atoms with van der Waals surface area (Å²) in [5.74, 6) is 0.406. The van der Waals surface area contributed by atoms with Crippen molar-refractivity contribution in [3.63, 3.8) is 0 Å². The molecule has 0 saturated heterocycles. The van der Waals surface area contributed by atoms with Crippen molar-refractivity contribution in [2.75, 3.05) is 10.6 Å². The molecule has 0 unspecified atom stereocenters. The molecule has 0 aliphatic carbocycles. The zero-order chi connectivity index (χ0) is 20.5. The van der Waals surface area contributed by atoms with Crippen molar-refractivity contribution >= 4 is 60.7 Å². The predicted molar refractivity (Wildman–Crippen MR) is 118 cm³/mol. The number of hydrogen-bond donors (Lipinski definition) is 2. The number of halogens is 1. The van der Waals surface area contributed by atoms with Crippen LogP contribution in [0, 0.1) is 11.3 Å². The SMILES string of the molecule is N#Cc1cccc(N(C(N)=O)c2ccc(-c3c(Br)sc4ncnc(N)c34)cc2)c1. The Morgan fingerprint density at radius 1 is 1.14 bits per heavy atom. The summed E-state index contributed by atoms with van der Waals surface area (Å²) in [4.78, 5) is 22.6. The van der Waals surface area contributed by atoms with Gasteiger partial charge in [0.15, 0.2) is 0 Å². The Hall–Kier alpha value is -3.48. The molecule has 0 radical (unpaired) electrons. The second kappa shape index (κ2) is 7.50. The van der Waals surface area contributed by atoms with E-state index in [0.717, 1.165) is 25.1 Å². The number of amides is 2. The Balaban J connectivity index is 1.79. The van der Waals surface area contributed by atoms with Crippen LogP contribution in [0.3, 0.4) is 0 Å². The zero-order valence-electron chi connectivity index (χ0n) is 14.8. The highest BCUT2D eigenvalue weighted by Crippen LogP contribution is 2.43. The van der Waals surface area contributed by atoms with Gasteiger partial charge in [0.05, 0.1) is 32.2 Å². The minimum Gasteiger partial charge on any atom is -0.383 e. The Morgan fingerprint density at radius 3 is 2.59 bits per heavy atom. The van der Waals surface area contributed by atoms with Crippen molar-refractivity contribution < 1.29 is 4.79 Å². The molecule has 0 saturated carbocycles. The van der Waals surface area contributed by atoms with Crippen LogP contribution in [0.2, 0.25) is 0 Å². The topological polar surface area (TPSA) is 122 Å². The van der Waals surface area contributed by atoms with E-state index in [-0.39, 0.29) is 0 Å². The Morgan fingerprint density at radius 2 is 1.90 bits per heavy atom. The standard InChI is InChI=1S/C20H13BrN6OS/c21-17-15(16-18(23)25-10-26-19(16)29-17)12-4-6-13(7-5-12)27(20(24)28)14-3-1-2-11(8-14)9-22/h1-8,10H,(H2,24,28)(H2,23,25,26). The number of anilines is 3. The number of urea groups is 1. The minimum absolute atomic E-state index is 0.406. The van der Waals surface area contributed by atoms with Crippen LogP contribution >= 0.6 is 27.3 Å². The fraction of sp³-hybridized carbons (Fsp3) is 0. The maximum absolute atomic E-state index is 12.1. The predicted octanol–water partition coefficient (Wildman–Crippen LogP) is 4.79. The lowest BCUT2D eigenvalue weighted by Crippen LogP contribution is -2.31. The van der Waals surface area contributed by atoms with Gasteiger partial charge >= 0.3 is 6.03 Å². The van der Waals surface area contributed by atoms with Gasteiger partial charge in [0.1, 0.15) is 17.0 Å². The van der Waals surface area contributed by atoms with Crippen LogP contribution in [0.25, 0.3) is 21.3 Å². The number of carbonyl (C=O) groups excluding carboxylic acids is 1. The third-order valence-corrected chi connectivity index (χ3v) is 6.11. The van der Waals surface area contributed by atoms with Gasteiger partial charge in [0.2, 0.25) is 0 Å². The molecule has 0 aliphatic heterocycles.